The molecule has 0 heterocycles. The van der Waals surface area contributed by atoms with Gasteiger partial charge in [0.25, 0.3) is 0 Å². The van der Waals surface area contributed by atoms with Gasteiger partial charge in [0.15, 0.2) is 5.79 Å². The molecule has 1 rings (SSSR count). The second-order valence-electron chi connectivity index (χ2n) is 10.7. The van der Waals surface area contributed by atoms with Crippen molar-refractivity contribution >= 4 is 20.1 Å². The summed E-state index contributed by atoms with van der Waals surface area (Å²) >= 11 is 0. The van der Waals surface area contributed by atoms with E-state index >= 15 is 0 Å². The van der Waals surface area contributed by atoms with Crippen LogP contribution >= 0.6 is 0 Å². The minimum absolute atomic E-state index is 0.0620. The molecule has 1 aromatic rings. The number of aryl methyl sites for hydroxylation is 2. The predicted molar refractivity (Wildman–Crippen MR) is 142 cm³/mol. The van der Waals surface area contributed by atoms with Gasteiger partial charge in [-0.15, -0.1) is 0 Å². The number of ether oxygens (including phenoxy) is 2. The minimum Gasteiger partial charge on any atom is -0.462 e. The van der Waals surface area contributed by atoms with Crippen molar-refractivity contribution in [1.29, 1.82) is 0 Å². The zero-order valence-electron chi connectivity index (χ0n) is 22.2. The van der Waals surface area contributed by atoms with Gasteiger partial charge in [-0.1, -0.05) is 75.0 Å². The normalized spacial score (nSPS) is 13.7. The summed E-state index contributed by atoms with van der Waals surface area (Å²) in [6.45, 7) is 16.8. The molecule has 0 saturated carbocycles. The van der Waals surface area contributed by atoms with Gasteiger partial charge in [-0.05, 0) is 70.5 Å². The number of hydrogen-bond donors (Lipinski definition) is 1. The van der Waals surface area contributed by atoms with E-state index in [1.165, 1.54) is 0 Å². The van der Waals surface area contributed by atoms with Gasteiger partial charge in [-0.25, -0.2) is 4.79 Å². The molecule has 0 unspecified atom stereocenters. The number of aliphatic hydroxyl groups is 1. The van der Waals surface area contributed by atoms with Crippen LogP contribution in [0.1, 0.15) is 79.9 Å². The van der Waals surface area contributed by atoms with Gasteiger partial charge >= 0.3 is 5.97 Å². The van der Waals surface area contributed by atoms with E-state index < -0.39 is 13.9 Å². The lowest BCUT2D eigenvalue weighted by Crippen LogP contribution is -2.29. The lowest BCUT2D eigenvalue weighted by molar-refractivity contribution is -0.205. The molecular weight excluding hydrogens is 428 g/mol. The number of carbonyl (C=O) groups excluding carboxylic acids is 1. The van der Waals surface area contributed by atoms with Gasteiger partial charge in [0, 0.05) is 8.07 Å². The van der Waals surface area contributed by atoms with Crippen LogP contribution in [-0.4, -0.2) is 37.6 Å². The Morgan fingerprint density at radius 2 is 1.82 bits per heavy atom. The SMILES string of the molecule is CCC/C=C\C[C@H](CC/C=C/c1cc(C)cc(C)c1C(=O)OCC[Si](C)(C)C)OC(C)(C)O. The van der Waals surface area contributed by atoms with Gasteiger partial charge in [-0.2, -0.15) is 0 Å². The lowest BCUT2D eigenvalue weighted by atomic mass is 9.98. The third kappa shape index (κ3) is 12.9. The van der Waals surface area contributed by atoms with Gasteiger partial charge in [-0.3, -0.25) is 0 Å². The molecule has 0 spiro atoms. The first-order valence-corrected chi connectivity index (χ1v) is 16.0. The number of allylic oxidation sites excluding steroid dienone is 2. The number of carbonyl (C=O) groups is 1. The van der Waals surface area contributed by atoms with E-state index in [2.05, 4.69) is 44.8 Å². The number of rotatable bonds is 14. The van der Waals surface area contributed by atoms with Crippen LogP contribution in [0.3, 0.4) is 0 Å². The van der Waals surface area contributed by atoms with Crippen LogP contribution in [0.15, 0.2) is 30.4 Å². The molecule has 0 amide bonds. The molecule has 5 heteroatoms. The van der Waals surface area contributed by atoms with Gasteiger partial charge in [0.1, 0.15) is 0 Å². The zero-order valence-corrected chi connectivity index (χ0v) is 23.2. The molecule has 0 aromatic heterocycles. The molecule has 0 saturated heterocycles. The number of esters is 1. The Bertz CT molecular complexity index is 797. The minimum atomic E-state index is -1.26. The second kappa shape index (κ2) is 13.9. The Morgan fingerprint density at radius 3 is 2.42 bits per heavy atom. The van der Waals surface area contributed by atoms with Crippen LogP contribution in [0.25, 0.3) is 6.08 Å². The monoisotopic (exact) mass is 474 g/mol. The first-order chi connectivity index (χ1) is 15.3. The standard InChI is InChI=1S/C28H46O4Si/c1-9-10-11-12-16-25(32-28(4,5)30)17-14-13-15-24-21-22(2)20-23(3)26(24)27(29)31-18-19-33(6,7)8/h11-13,15,20-21,25,30H,9-10,14,16-19H2,1-8H3/b12-11-,15-13+/t25-/m1/s1. The largest absolute Gasteiger partial charge is 0.462 e. The molecule has 0 aliphatic carbocycles. The third-order valence-electron chi connectivity index (χ3n) is 5.23. The van der Waals surface area contributed by atoms with E-state index in [1.54, 1.807) is 13.8 Å². The fourth-order valence-electron chi connectivity index (χ4n) is 3.59. The number of hydrogen-bond acceptors (Lipinski definition) is 4. The van der Waals surface area contributed by atoms with Crippen molar-refractivity contribution in [3.05, 3.63) is 52.6 Å². The molecule has 4 nitrogen and oxygen atoms in total. The average Bonchev–Trinajstić information content (AvgIpc) is 2.65. The van der Waals surface area contributed by atoms with E-state index in [-0.39, 0.29) is 12.1 Å². The molecule has 0 fully saturated rings. The molecule has 0 aliphatic heterocycles. The maximum Gasteiger partial charge on any atom is 0.338 e. The Labute approximate surface area is 203 Å². The topological polar surface area (TPSA) is 55.8 Å². The average molecular weight is 475 g/mol. The van der Waals surface area contributed by atoms with Crippen molar-refractivity contribution in [2.24, 2.45) is 0 Å². The van der Waals surface area contributed by atoms with Gasteiger partial charge < -0.3 is 14.6 Å². The van der Waals surface area contributed by atoms with Crippen molar-refractivity contribution < 1.29 is 19.4 Å². The number of benzene rings is 1. The van der Waals surface area contributed by atoms with Gasteiger partial charge in [0.05, 0.1) is 18.3 Å². The summed E-state index contributed by atoms with van der Waals surface area (Å²) in [6.07, 6.45) is 12.9. The highest BCUT2D eigenvalue weighted by Gasteiger charge is 2.20. The smallest absolute Gasteiger partial charge is 0.338 e. The fourth-order valence-corrected chi connectivity index (χ4v) is 4.30. The van der Waals surface area contributed by atoms with Crippen LogP contribution in [0.5, 0.6) is 0 Å². The third-order valence-corrected chi connectivity index (χ3v) is 6.93. The van der Waals surface area contributed by atoms with E-state index in [0.29, 0.717) is 12.2 Å². The van der Waals surface area contributed by atoms with Crippen LogP contribution in [0, 0.1) is 13.8 Å². The Kier molecular flexibility index (Phi) is 12.3. The maximum atomic E-state index is 12.9. The fraction of sp³-hybridized carbons (Fsp3) is 0.607. The first kappa shape index (κ1) is 29.3. The summed E-state index contributed by atoms with van der Waals surface area (Å²) in [5.74, 6) is -1.40. The van der Waals surface area contributed by atoms with E-state index in [4.69, 9.17) is 9.47 Å². The zero-order chi connectivity index (χ0) is 25.1. The summed E-state index contributed by atoms with van der Waals surface area (Å²) in [5, 5.41) is 10.1. The number of unbranched alkanes of at least 4 members (excludes halogenated alkanes) is 1. The summed E-state index contributed by atoms with van der Waals surface area (Å²) in [5.41, 5.74) is 3.61. The molecule has 186 valence electrons. The van der Waals surface area contributed by atoms with Crippen molar-refractivity contribution in [1.82, 2.24) is 0 Å². The highest BCUT2D eigenvalue weighted by molar-refractivity contribution is 6.76. The van der Waals surface area contributed by atoms with Crippen LogP contribution in [0.2, 0.25) is 25.7 Å². The summed E-state index contributed by atoms with van der Waals surface area (Å²) in [4.78, 5) is 12.9. The van der Waals surface area contributed by atoms with Crippen molar-refractivity contribution in [2.45, 2.75) is 104 Å². The Morgan fingerprint density at radius 1 is 1.12 bits per heavy atom. The van der Waals surface area contributed by atoms with E-state index in [9.17, 15) is 9.90 Å². The molecular formula is C28H46O4Si. The van der Waals surface area contributed by atoms with Crippen molar-refractivity contribution in [3.8, 4) is 0 Å². The molecule has 1 atom stereocenters. The maximum absolute atomic E-state index is 12.9. The summed E-state index contributed by atoms with van der Waals surface area (Å²) in [6, 6.07) is 5.03. The highest BCUT2D eigenvalue weighted by atomic mass is 28.3. The highest BCUT2D eigenvalue weighted by Crippen LogP contribution is 2.22. The molecule has 1 N–H and O–H groups in total. The quantitative estimate of drug-likeness (QED) is 0.132. The Balaban J connectivity index is 2.87. The first-order valence-electron chi connectivity index (χ1n) is 12.3. The molecule has 0 radical (unpaired) electrons. The second-order valence-corrected chi connectivity index (χ2v) is 16.3. The van der Waals surface area contributed by atoms with E-state index in [1.807, 2.05) is 32.1 Å². The predicted octanol–water partition coefficient (Wildman–Crippen LogP) is 7.45. The van der Waals surface area contributed by atoms with Crippen LogP contribution in [-0.2, 0) is 9.47 Å². The summed E-state index contributed by atoms with van der Waals surface area (Å²) < 4.78 is 11.5. The molecule has 0 aliphatic rings. The van der Waals surface area contributed by atoms with Crippen LogP contribution in [0.4, 0.5) is 0 Å². The molecule has 0 bridgehead atoms. The van der Waals surface area contributed by atoms with E-state index in [0.717, 1.165) is 54.8 Å². The Hall–Kier alpha value is -1.69. The van der Waals surface area contributed by atoms with Gasteiger partial charge in [0.2, 0.25) is 0 Å². The van der Waals surface area contributed by atoms with Crippen molar-refractivity contribution in [3.63, 3.8) is 0 Å². The van der Waals surface area contributed by atoms with Crippen LogP contribution < -0.4 is 0 Å². The van der Waals surface area contributed by atoms with Crippen molar-refractivity contribution in [2.75, 3.05) is 6.61 Å². The molecule has 1 aromatic carbocycles. The molecule has 33 heavy (non-hydrogen) atoms. The summed E-state index contributed by atoms with van der Waals surface area (Å²) in [7, 11) is -1.26. The lowest BCUT2D eigenvalue weighted by Gasteiger charge is -2.25.